The van der Waals surface area contributed by atoms with Crippen molar-refractivity contribution in [2.45, 2.75) is 18.6 Å². The number of fused-ring (bicyclic) bond motifs is 3. The number of methoxy groups -OCH3 is 1. The molecule has 2 unspecified atom stereocenters. The predicted molar refractivity (Wildman–Crippen MR) is 99.8 cm³/mol. The summed E-state index contributed by atoms with van der Waals surface area (Å²) < 4.78 is 11.4. The second kappa shape index (κ2) is 6.50. The zero-order chi connectivity index (χ0) is 18.3. The van der Waals surface area contributed by atoms with Gasteiger partial charge in [0.1, 0.15) is 11.5 Å². The lowest BCUT2D eigenvalue weighted by Crippen LogP contribution is -2.36. The van der Waals surface area contributed by atoms with Crippen LogP contribution in [0.4, 0.5) is 0 Å². The molecule has 1 aliphatic heterocycles. The third-order valence-corrected chi connectivity index (χ3v) is 5.14. The van der Waals surface area contributed by atoms with Crippen LogP contribution in [0.1, 0.15) is 17.2 Å². The Labute approximate surface area is 155 Å². The summed E-state index contributed by atoms with van der Waals surface area (Å²) in [6, 6.07) is 15.7. The number of halogens is 1. The molecule has 0 saturated carbocycles. The molecule has 4 rings (SSSR count). The summed E-state index contributed by atoms with van der Waals surface area (Å²) in [5, 5.41) is 14.1. The summed E-state index contributed by atoms with van der Waals surface area (Å²) in [7, 11) is 1.60. The Morgan fingerprint density at radius 3 is 2.69 bits per heavy atom. The summed E-state index contributed by atoms with van der Waals surface area (Å²) in [4.78, 5) is 11.5. The molecule has 2 atom stereocenters. The van der Waals surface area contributed by atoms with Crippen LogP contribution in [0.3, 0.4) is 0 Å². The molecule has 132 valence electrons. The maximum atomic E-state index is 11.8. The van der Waals surface area contributed by atoms with Gasteiger partial charge in [-0.2, -0.15) is 0 Å². The van der Waals surface area contributed by atoms with Gasteiger partial charge in [-0.3, -0.25) is 10.1 Å². The third-order valence-electron chi connectivity index (χ3n) is 4.80. The Hall–Kier alpha value is -2.79. The first kappa shape index (κ1) is 16.7. The SMILES string of the molecule is COc1ccc2ccc3c(c2c1)CC([N+](=O)[O-])C(c1ccccc1Cl)O3. The minimum atomic E-state index is -0.917. The Morgan fingerprint density at radius 1 is 1.19 bits per heavy atom. The lowest BCUT2D eigenvalue weighted by molar-refractivity contribution is -0.535. The fraction of sp³-hybridized carbons (Fsp3) is 0.200. The highest BCUT2D eigenvalue weighted by Gasteiger charge is 2.41. The number of benzene rings is 3. The van der Waals surface area contributed by atoms with E-state index < -0.39 is 12.1 Å². The zero-order valence-electron chi connectivity index (χ0n) is 14.0. The van der Waals surface area contributed by atoms with E-state index in [1.807, 2.05) is 36.4 Å². The van der Waals surface area contributed by atoms with Crippen LogP contribution in [0.5, 0.6) is 11.5 Å². The molecule has 3 aromatic carbocycles. The van der Waals surface area contributed by atoms with Gasteiger partial charge in [0.25, 0.3) is 6.04 Å². The predicted octanol–water partition coefficient (Wildman–Crippen LogP) is 4.82. The molecular formula is C20H16ClNO4. The fourth-order valence-electron chi connectivity index (χ4n) is 3.48. The van der Waals surface area contributed by atoms with Crippen molar-refractivity contribution in [1.82, 2.24) is 0 Å². The Balaban J connectivity index is 1.86. The monoisotopic (exact) mass is 369 g/mol. The van der Waals surface area contributed by atoms with Crippen LogP contribution >= 0.6 is 11.6 Å². The second-order valence-corrected chi connectivity index (χ2v) is 6.65. The van der Waals surface area contributed by atoms with E-state index in [-0.39, 0.29) is 11.3 Å². The second-order valence-electron chi connectivity index (χ2n) is 6.25. The van der Waals surface area contributed by atoms with Crippen LogP contribution < -0.4 is 9.47 Å². The third kappa shape index (κ3) is 2.74. The van der Waals surface area contributed by atoms with Crippen LogP contribution in [-0.4, -0.2) is 18.1 Å². The minimum absolute atomic E-state index is 0.267. The van der Waals surface area contributed by atoms with Gasteiger partial charge in [0.2, 0.25) is 0 Å². The molecule has 0 aliphatic carbocycles. The van der Waals surface area contributed by atoms with Crippen LogP contribution in [0, 0.1) is 10.1 Å². The van der Waals surface area contributed by atoms with Crippen LogP contribution in [0.15, 0.2) is 54.6 Å². The molecule has 0 amide bonds. The normalized spacial score (nSPS) is 18.8. The minimum Gasteiger partial charge on any atom is -0.497 e. The molecule has 0 spiro atoms. The first-order chi connectivity index (χ1) is 12.6. The summed E-state index contributed by atoms with van der Waals surface area (Å²) >= 11 is 6.27. The Bertz CT molecular complexity index is 1000. The lowest BCUT2D eigenvalue weighted by Gasteiger charge is -2.30. The van der Waals surface area contributed by atoms with E-state index in [2.05, 4.69) is 0 Å². The van der Waals surface area contributed by atoms with Gasteiger partial charge in [-0.1, -0.05) is 41.9 Å². The number of ether oxygens (including phenoxy) is 2. The maximum absolute atomic E-state index is 11.8. The number of rotatable bonds is 3. The highest BCUT2D eigenvalue weighted by Crippen LogP contribution is 2.42. The average molecular weight is 370 g/mol. The first-order valence-corrected chi connectivity index (χ1v) is 8.60. The van der Waals surface area contributed by atoms with Crippen molar-refractivity contribution < 1.29 is 14.4 Å². The topological polar surface area (TPSA) is 61.6 Å². The standard InChI is InChI=1S/C20H16ClNO4/c1-25-13-8-6-12-7-9-19-16(15(12)10-13)11-18(22(23)24)20(26-19)14-4-2-3-5-17(14)21/h2-10,18,20H,11H2,1H3. The molecule has 1 aliphatic rings. The van der Waals surface area contributed by atoms with Crippen molar-refractivity contribution in [1.29, 1.82) is 0 Å². The summed E-state index contributed by atoms with van der Waals surface area (Å²) in [5.41, 5.74) is 1.46. The first-order valence-electron chi connectivity index (χ1n) is 8.22. The number of hydrogen-bond acceptors (Lipinski definition) is 4. The molecule has 1 heterocycles. The van der Waals surface area contributed by atoms with E-state index in [0.29, 0.717) is 22.1 Å². The molecule has 6 heteroatoms. The molecule has 0 N–H and O–H groups in total. The van der Waals surface area contributed by atoms with Gasteiger partial charge in [0, 0.05) is 27.5 Å². The highest BCUT2D eigenvalue weighted by atomic mass is 35.5. The fourth-order valence-corrected chi connectivity index (χ4v) is 3.73. The van der Waals surface area contributed by atoms with E-state index in [9.17, 15) is 10.1 Å². The summed E-state index contributed by atoms with van der Waals surface area (Å²) in [6.45, 7) is 0. The maximum Gasteiger partial charge on any atom is 0.257 e. The molecule has 0 radical (unpaired) electrons. The van der Waals surface area contributed by atoms with Crippen molar-refractivity contribution in [3.05, 3.63) is 80.9 Å². The molecule has 5 nitrogen and oxygen atoms in total. The van der Waals surface area contributed by atoms with E-state index in [1.54, 1.807) is 25.3 Å². The van der Waals surface area contributed by atoms with Gasteiger partial charge in [0.15, 0.2) is 6.10 Å². The molecule has 26 heavy (non-hydrogen) atoms. The highest BCUT2D eigenvalue weighted by molar-refractivity contribution is 6.31. The Kier molecular flexibility index (Phi) is 4.17. The van der Waals surface area contributed by atoms with Crippen LogP contribution in [0.25, 0.3) is 10.8 Å². The average Bonchev–Trinajstić information content (AvgIpc) is 2.66. The molecule has 0 fully saturated rings. The smallest absolute Gasteiger partial charge is 0.257 e. The van der Waals surface area contributed by atoms with Crippen LogP contribution in [0.2, 0.25) is 5.02 Å². The van der Waals surface area contributed by atoms with Crippen molar-refractivity contribution >= 4 is 22.4 Å². The van der Waals surface area contributed by atoms with E-state index >= 15 is 0 Å². The van der Waals surface area contributed by atoms with Crippen molar-refractivity contribution in [2.24, 2.45) is 0 Å². The molecule has 0 bridgehead atoms. The van der Waals surface area contributed by atoms with E-state index in [0.717, 1.165) is 16.3 Å². The zero-order valence-corrected chi connectivity index (χ0v) is 14.8. The van der Waals surface area contributed by atoms with Gasteiger partial charge in [-0.05, 0) is 35.0 Å². The van der Waals surface area contributed by atoms with Crippen molar-refractivity contribution in [2.75, 3.05) is 7.11 Å². The van der Waals surface area contributed by atoms with Crippen molar-refractivity contribution in [3.8, 4) is 11.5 Å². The largest absolute Gasteiger partial charge is 0.497 e. The molecule has 0 saturated heterocycles. The number of nitro groups is 1. The van der Waals surface area contributed by atoms with Crippen LogP contribution in [-0.2, 0) is 6.42 Å². The van der Waals surface area contributed by atoms with Crippen molar-refractivity contribution in [3.63, 3.8) is 0 Å². The molecule has 3 aromatic rings. The number of hydrogen-bond donors (Lipinski definition) is 0. The molecule has 0 aromatic heterocycles. The quantitative estimate of drug-likeness (QED) is 0.490. The van der Waals surface area contributed by atoms with Gasteiger partial charge < -0.3 is 9.47 Å². The summed E-state index contributed by atoms with van der Waals surface area (Å²) in [6.07, 6.45) is -0.461. The Morgan fingerprint density at radius 2 is 1.96 bits per heavy atom. The van der Waals surface area contributed by atoms with Gasteiger partial charge >= 0.3 is 0 Å². The van der Waals surface area contributed by atoms with Gasteiger partial charge in [-0.25, -0.2) is 0 Å². The summed E-state index contributed by atoms with van der Waals surface area (Å²) in [5.74, 6) is 1.35. The lowest BCUT2D eigenvalue weighted by atomic mass is 9.90. The number of nitrogens with zero attached hydrogens (tertiary/aromatic N) is 1. The molecular weight excluding hydrogens is 354 g/mol. The van der Waals surface area contributed by atoms with Gasteiger partial charge in [0.05, 0.1) is 7.11 Å². The van der Waals surface area contributed by atoms with E-state index in [1.165, 1.54) is 0 Å². The van der Waals surface area contributed by atoms with E-state index in [4.69, 9.17) is 21.1 Å². The van der Waals surface area contributed by atoms with Gasteiger partial charge in [-0.15, -0.1) is 0 Å².